The Balaban J connectivity index is 2.90. The smallest absolute Gasteiger partial charge is 0.0328 e. The van der Waals surface area contributed by atoms with Gasteiger partial charge in [0.1, 0.15) is 0 Å². The molecular formula is C18H32N2. The minimum Gasteiger partial charge on any atom is -0.312 e. The number of hydrogen-bond donors (Lipinski definition) is 1. The number of benzene rings is 1. The summed E-state index contributed by atoms with van der Waals surface area (Å²) in [6.45, 7) is 10.1. The number of nitrogens with one attached hydrogen (secondary N) is 1. The van der Waals surface area contributed by atoms with Crippen LogP contribution in [0.2, 0.25) is 0 Å². The summed E-state index contributed by atoms with van der Waals surface area (Å²) in [5.41, 5.74) is 3.02. The van der Waals surface area contributed by atoms with Crippen molar-refractivity contribution in [3.8, 4) is 0 Å². The van der Waals surface area contributed by atoms with E-state index in [9.17, 15) is 0 Å². The molecule has 0 aliphatic carbocycles. The molecule has 1 N–H and O–H groups in total. The molecule has 114 valence electrons. The van der Waals surface area contributed by atoms with Gasteiger partial charge in [0, 0.05) is 11.6 Å². The third-order valence-corrected chi connectivity index (χ3v) is 4.81. The Hall–Kier alpha value is -0.860. The van der Waals surface area contributed by atoms with Crippen LogP contribution in [0.15, 0.2) is 24.3 Å². The number of hydrogen-bond acceptors (Lipinski definition) is 2. The number of likely N-dealkylation sites (N-methyl/N-ethyl adjacent to an activating group) is 2. The second-order valence-corrected chi connectivity index (χ2v) is 6.09. The minimum atomic E-state index is 0.180. The van der Waals surface area contributed by atoms with Crippen LogP contribution in [-0.2, 0) is 12.8 Å². The average molecular weight is 276 g/mol. The summed E-state index contributed by atoms with van der Waals surface area (Å²) in [7, 11) is 4.38. The van der Waals surface area contributed by atoms with Crippen molar-refractivity contribution in [1.82, 2.24) is 10.2 Å². The normalized spacial score (nSPS) is 16.1. The lowest BCUT2D eigenvalue weighted by Crippen LogP contribution is -2.57. The van der Waals surface area contributed by atoms with Crippen molar-refractivity contribution in [1.29, 1.82) is 0 Å². The Morgan fingerprint density at radius 3 is 2.00 bits per heavy atom. The third-order valence-electron chi connectivity index (χ3n) is 4.81. The molecule has 0 aliphatic rings. The zero-order chi connectivity index (χ0) is 15.2. The van der Waals surface area contributed by atoms with Gasteiger partial charge in [0.05, 0.1) is 0 Å². The van der Waals surface area contributed by atoms with E-state index in [4.69, 9.17) is 0 Å². The lowest BCUT2D eigenvalue weighted by Gasteiger charge is -2.43. The molecule has 2 heteroatoms. The molecule has 1 rings (SSSR count). The van der Waals surface area contributed by atoms with Gasteiger partial charge in [-0.2, -0.15) is 0 Å². The van der Waals surface area contributed by atoms with Gasteiger partial charge in [-0.25, -0.2) is 0 Å². The molecule has 0 bridgehead atoms. The van der Waals surface area contributed by atoms with Crippen LogP contribution in [0.1, 0.15) is 45.2 Å². The molecule has 0 saturated heterocycles. The summed E-state index contributed by atoms with van der Waals surface area (Å²) >= 11 is 0. The fourth-order valence-corrected chi connectivity index (χ4v) is 2.78. The van der Waals surface area contributed by atoms with Crippen LogP contribution in [0.4, 0.5) is 0 Å². The fourth-order valence-electron chi connectivity index (χ4n) is 2.78. The molecule has 0 aliphatic heterocycles. The Kier molecular flexibility index (Phi) is 6.70. The highest BCUT2D eigenvalue weighted by Gasteiger charge is 2.34. The fraction of sp³-hybridized carbons (Fsp3) is 0.667. The van der Waals surface area contributed by atoms with Crippen LogP contribution in [0, 0.1) is 0 Å². The number of rotatable bonds is 8. The third kappa shape index (κ3) is 4.07. The van der Waals surface area contributed by atoms with Gasteiger partial charge in [-0.1, -0.05) is 45.0 Å². The molecule has 0 saturated carbocycles. The van der Waals surface area contributed by atoms with E-state index in [0.29, 0.717) is 6.04 Å². The van der Waals surface area contributed by atoms with Crippen molar-refractivity contribution in [3.63, 3.8) is 0 Å². The molecule has 0 radical (unpaired) electrons. The molecular weight excluding hydrogens is 244 g/mol. The maximum absolute atomic E-state index is 3.69. The lowest BCUT2D eigenvalue weighted by atomic mass is 9.84. The number of nitrogens with zero attached hydrogens (tertiary/aromatic N) is 1. The Morgan fingerprint density at radius 2 is 1.60 bits per heavy atom. The number of aryl methyl sites for hydroxylation is 1. The molecule has 20 heavy (non-hydrogen) atoms. The van der Waals surface area contributed by atoms with E-state index < -0.39 is 0 Å². The summed E-state index contributed by atoms with van der Waals surface area (Å²) < 4.78 is 0. The topological polar surface area (TPSA) is 15.3 Å². The van der Waals surface area contributed by atoms with Gasteiger partial charge in [0.15, 0.2) is 0 Å². The first-order chi connectivity index (χ1) is 9.47. The van der Waals surface area contributed by atoms with Gasteiger partial charge in [-0.05, 0) is 58.0 Å². The quantitative estimate of drug-likeness (QED) is 0.782. The maximum atomic E-state index is 3.69. The van der Waals surface area contributed by atoms with Crippen molar-refractivity contribution in [2.24, 2.45) is 0 Å². The van der Waals surface area contributed by atoms with E-state index in [1.54, 1.807) is 0 Å². The van der Waals surface area contributed by atoms with Gasteiger partial charge in [-0.3, -0.25) is 0 Å². The first-order valence-electron chi connectivity index (χ1n) is 7.96. The average Bonchev–Trinajstić information content (AvgIpc) is 2.46. The summed E-state index contributed by atoms with van der Waals surface area (Å²) in [6, 6.07) is 9.57. The largest absolute Gasteiger partial charge is 0.312 e. The van der Waals surface area contributed by atoms with Crippen molar-refractivity contribution in [3.05, 3.63) is 35.4 Å². The van der Waals surface area contributed by atoms with Gasteiger partial charge in [0.2, 0.25) is 0 Å². The SMILES string of the molecule is CCNC(Cc1ccc(CC)cc1)C(C)(CC)N(C)C. The van der Waals surface area contributed by atoms with Gasteiger partial charge in [0.25, 0.3) is 0 Å². The minimum absolute atomic E-state index is 0.180. The van der Waals surface area contributed by atoms with Gasteiger partial charge >= 0.3 is 0 Å². The van der Waals surface area contributed by atoms with E-state index in [2.05, 4.69) is 76.3 Å². The van der Waals surface area contributed by atoms with E-state index in [1.165, 1.54) is 11.1 Å². The Bertz CT molecular complexity index is 383. The van der Waals surface area contributed by atoms with Gasteiger partial charge < -0.3 is 10.2 Å². The van der Waals surface area contributed by atoms with Crippen molar-refractivity contribution in [2.45, 2.75) is 58.5 Å². The molecule has 1 aromatic carbocycles. The van der Waals surface area contributed by atoms with Crippen LogP contribution < -0.4 is 5.32 Å². The highest BCUT2D eigenvalue weighted by Crippen LogP contribution is 2.24. The Morgan fingerprint density at radius 1 is 1.05 bits per heavy atom. The van der Waals surface area contributed by atoms with Crippen molar-refractivity contribution in [2.75, 3.05) is 20.6 Å². The predicted molar refractivity (Wildman–Crippen MR) is 89.4 cm³/mol. The van der Waals surface area contributed by atoms with Crippen molar-refractivity contribution < 1.29 is 0 Å². The molecule has 2 atom stereocenters. The summed E-state index contributed by atoms with van der Waals surface area (Å²) in [5, 5.41) is 3.69. The molecule has 0 aromatic heterocycles. The highest BCUT2D eigenvalue weighted by atomic mass is 15.2. The summed E-state index contributed by atoms with van der Waals surface area (Å²) in [6.07, 6.45) is 3.34. The zero-order valence-electron chi connectivity index (χ0n) is 14.2. The molecule has 2 unspecified atom stereocenters. The second kappa shape index (κ2) is 7.80. The van der Waals surface area contributed by atoms with Crippen molar-refractivity contribution >= 4 is 0 Å². The van der Waals surface area contributed by atoms with Gasteiger partial charge in [-0.15, -0.1) is 0 Å². The molecule has 1 aromatic rings. The van der Waals surface area contributed by atoms with E-state index in [1.807, 2.05) is 0 Å². The highest BCUT2D eigenvalue weighted by molar-refractivity contribution is 5.24. The monoisotopic (exact) mass is 276 g/mol. The molecule has 0 fully saturated rings. The standard InChI is InChI=1S/C18H32N2/c1-7-15-10-12-16(13-11-15)14-17(19-9-3)18(4,8-2)20(5)6/h10-13,17,19H,7-9,14H2,1-6H3. The van der Waals surface area contributed by atoms with E-state index >= 15 is 0 Å². The first kappa shape index (κ1) is 17.2. The molecule has 2 nitrogen and oxygen atoms in total. The zero-order valence-corrected chi connectivity index (χ0v) is 14.2. The maximum Gasteiger partial charge on any atom is 0.0328 e. The Labute approximate surface area is 125 Å². The summed E-state index contributed by atoms with van der Waals surface area (Å²) in [4.78, 5) is 2.36. The summed E-state index contributed by atoms with van der Waals surface area (Å²) in [5.74, 6) is 0. The van der Waals surface area contributed by atoms with E-state index in [0.717, 1.165) is 25.8 Å². The lowest BCUT2D eigenvalue weighted by molar-refractivity contribution is 0.113. The molecule has 0 spiro atoms. The van der Waals surface area contributed by atoms with Crippen LogP contribution in [0.25, 0.3) is 0 Å². The van der Waals surface area contributed by atoms with Crippen LogP contribution in [0.3, 0.4) is 0 Å². The van der Waals surface area contributed by atoms with Crippen LogP contribution in [-0.4, -0.2) is 37.1 Å². The first-order valence-corrected chi connectivity index (χ1v) is 7.96. The van der Waals surface area contributed by atoms with Crippen LogP contribution >= 0.6 is 0 Å². The second-order valence-electron chi connectivity index (χ2n) is 6.09. The molecule has 0 heterocycles. The van der Waals surface area contributed by atoms with Crippen LogP contribution in [0.5, 0.6) is 0 Å². The predicted octanol–water partition coefficient (Wildman–Crippen LogP) is 3.50. The molecule has 0 amide bonds. The van der Waals surface area contributed by atoms with E-state index in [-0.39, 0.29) is 5.54 Å².